The number of hydrogen-bond acceptors (Lipinski definition) is 8. The van der Waals surface area contributed by atoms with E-state index in [2.05, 4.69) is 30.6 Å². The molecule has 1 amide bonds. The molecule has 1 aliphatic heterocycles. The van der Waals surface area contributed by atoms with Crippen molar-refractivity contribution < 1.29 is 37.3 Å². The molecule has 0 saturated carbocycles. The number of aliphatic hydroxyl groups excluding tert-OH is 1. The topological polar surface area (TPSA) is 150 Å². The molecular formula is C28H27F3N6O5. The van der Waals surface area contributed by atoms with E-state index in [1.807, 2.05) is 0 Å². The Bertz CT molecular complexity index is 1440. The third-order valence-corrected chi connectivity index (χ3v) is 6.14. The van der Waals surface area contributed by atoms with Gasteiger partial charge in [0.15, 0.2) is 5.54 Å². The van der Waals surface area contributed by atoms with Gasteiger partial charge in [-0.25, -0.2) is 10.4 Å². The molecule has 3 aromatic carbocycles. The molecule has 14 heteroatoms. The third-order valence-electron chi connectivity index (χ3n) is 6.14. The van der Waals surface area contributed by atoms with Crippen LogP contribution in [0.1, 0.15) is 23.1 Å². The van der Waals surface area contributed by atoms with Crippen molar-refractivity contribution in [2.75, 3.05) is 19.8 Å². The van der Waals surface area contributed by atoms with Gasteiger partial charge in [0.1, 0.15) is 18.1 Å². The number of benzene rings is 3. The highest BCUT2D eigenvalue weighted by molar-refractivity contribution is 6.00. The summed E-state index contributed by atoms with van der Waals surface area (Å²) in [6.45, 7) is 0.366. The highest BCUT2D eigenvalue weighted by Crippen LogP contribution is 2.31. The maximum atomic E-state index is 13.6. The van der Waals surface area contributed by atoms with Crippen molar-refractivity contribution in [3.8, 4) is 11.5 Å². The number of carbonyl (C=O) groups excluding carboxylic acids is 1. The normalized spacial score (nSPS) is 16.1. The van der Waals surface area contributed by atoms with Gasteiger partial charge in [-0.3, -0.25) is 10.2 Å². The van der Waals surface area contributed by atoms with E-state index in [-0.39, 0.29) is 37.8 Å². The van der Waals surface area contributed by atoms with Crippen LogP contribution in [0.5, 0.6) is 11.5 Å². The Hall–Kier alpha value is -4.78. The smallest absolute Gasteiger partial charge is 0.494 e. The Balaban J connectivity index is 1.51. The molecule has 0 aliphatic carbocycles. The molecule has 0 saturated heterocycles. The molecule has 3 aromatic rings. The number of carbonyl (C=O) groups is 1. The highest BCUT2D eigenvalue weighted by atomic mass is 19.4. The molecule has 0 unspecified atom stereocenters. The Morgan fingerprint density at radius 1 is 1.10 bits per heavy atom. The molecule has 0 bridgehead atoms. The number of aliphatic imine (C=N–C) groups is 1. The van der Waals surface area contributed by atoms with Gasteiger partial charge >= 0.3 is 6.36 Å². The summed E-state index contributed by atoms with van der Waals surface area (Å²) >= 11 is 0. The summed E-state index contributed by atoms with van der Waals surface area (Å²) in [5.74, 6) is -0.0641. The van der Waals surface area contributed by atoms with Crippen LogP contribution in [-0.4, -0.2) is 48.6 Å². The van der Waals surface area contributed by atoms with Gasteiger partial charge in [0.25, 0.3) is 5.91 Å². The number of aliphatic hydroxyl groups is 1. The SMILES string of the molecule is [N-]=[N+]=Nc1ccccc1C[C@@]1(C(=O)NNCc2ccc(OC(F)(F)F)cc2)COC(c2ccc(OCCCO)cc2)=N1. The molecule has 0 fully saturated rings. The van der Waals surface area contributed by atoms with Crippen LogP contribution < -0.4 is 20.3 Å². The molecule has 11 nitrogen and oxygen atoms in total. The molecule has 220 valence electrons. The van der Waals surface area contributed by atoms with Gasteiger partial charge in [-0.05, 0) is 53.1 Å². The predicted molar refractivity (Wildman–Crippen MR) is 146 cm³/mol. The standard InChI is InChI=1S/C28H27F3N6O5/c29-28(30,31)42-23-10-6-19(7-11-23)17-33-36-26(39)27(16-21-4-1-2-5-24(21)35-37-32)18-41-25(34-27)20-8-12-22(13-9-20)40-15-3-14-38/h1-2,4-13,33,38H,3,14-18H2,(H,36,39)/t27-/m0/s1. The Labute approximate surface area is 238 Å². The van der Waals surface area contributed by atoms with Gasteiger partial charge in [-0.1, -0.05) is 41.5 Å². The van der Waals surface area contributed by atoms with Gasteiger partial charge in [0, 0.05) is 42.2 Å². The molecule has 42 heavy (non-hydrogen) atoms. The Kier molecular flexibility index (Phi) is 9.86. The molecule has 0 radical (unpaired) electrons. The van der Waals surface area contributed by atoms with Crippen molar-refractivity contribution in [2.45, 2.75) is 31.3 Å². The summed E-state index contributed by atoms with van der Waals surface area (Å²) in [5.41, 5.74) is 15.1. The minimum absolute atomic E-state index is 0.0216. The van der Waals surface area contributed by atoms with Crippen LogP contribution in [-0.2, 0) is 22.5 Å². The van der Waals surface area contributed by atoms with Gasteiger partial charge in [-0.2, -0.15) is 0 Å². The van der Waals surface area contributed by atoms with Gasteiger partial charge in [0.2, 0.25) is 5.90 Å². The van der Waals surface area contributed by atoms with Crippen LogP contribution in [0.15, 0.2) is 82.9 Å². The number of rotatable bonds is 13. The van der Waals surface area contributed by atoms with Gasteiger partial charge in [-0.15, -0.1) is 13.2 Å². The number of amides is 1. The zero-order valence-electron chi connectivity index (χ0n) is 22.2. The van der Waals surface area contributed by atoms with Crippen LogP contribution in [0, 0.1) is 0 Å². The third kappa shape index (κ3) is 8.13. The summed E-state index contributed by atoms with van der Waals surface area (Å²) in [6, 6.07) is 18.9. The van der Waals surface area contributed by atoms with E-state index in [4.69, 9.17) is 20.1 Å². The number of alkyl halides is 3. The van der Waals surface area contributed by atoms with E-state index in [0.29, 0.717) is 41.2 Å². The fourth-order valence-corrected chi connectivity index (χ4v) is 4.10. The first-order chi connectivity index (χ1) is 20.2. The van der Waals surface area contributed by atoms with Crippen molar-refractivity contribution >= 4 is 17.5 Å². The second-order valence-electron chi connectivity index (χ2n) is 9.18. The van der Waals surface area contributed by atoms with Crippen molar-refractivity contribution in [3.05, 3.63) is 99.9 Å². The molecule has 0 aromatic heterocycles. The zero-order valence-corrected chi connectivity index (χ0v) is 22.2. The van der Waals surface area contributed by atoms with E-state index < -0.39 is 17.8 Å². The lowest BCUT2D eigenvalue weighted by Crippen LogP contribution is -2.52. The van der Waals surface area contributed by atoms with E-state index >= 15 is 0 Å². The molecule has 0 spiro atoms. The number of halogens is 3. The maximum Gasteiger partial charge on any atom is 0.573 e. The van der Waals surface area contributed by atoms with Crippen molar-refractivity contribution in [2.24, 2.45) is 10.1 Å². The second kappa shape index (κ2) is 13.7. The minimum Gasteiger partial charge on any atom is -0.494 e. The predicted octanol–water partition coefficient (Wildman–Crippen LogP) is 4.87. The number of hydrogen-bond donors (Lipinski definition) is 3. The number of azide groups is 1. The summed E-state index contributed by atoms with van der Waals surface area (Å²) in [5, 5.41) is 12.6. The minimum atomic E-state index is -4.79. The van der Waals surface area contributed by atoms with Crippen LogP contribution in [0.2, 0.25) is 0 Å². The van der Waals surface area contributed by atoms with Gasteiger partial charge < -0.3 is 19.3 Å². The quantitative estimate of drug-likeness (QED) is 0.0858. The van der Waals surface area contributed by atoms with Crippen molar-refractivity contribution in [1.82, 2.24) is 10.9 Å². The first-order valence-electron chi connectivity index (χ1n) is 12.8. The highest BCUT2D eigenvalue weighted by Gasteiger charge is 2.45. The van der Waals surface area contributed by atoms with E-state index in [1.165, 1.54) is 24.3 Å². The van der Waals surface area contributed by atoms with Crippen LogP contribution >= 0.6 is 0 Å². The first kappa shape index (κ1) is 30.2. The van der Waals surface area contributed by atoms with Crippen LogP contribution in [0.4, 0.5) is 18.9 Å². The van der Waals surface area contributed by atoms with E-state index in [1.54, 1.807) is 48.5 Å². The number of ether oxygens (including phenoxy) is 3. The fourth-order valence-electron chi connectivity index (χ4n) is 4.10. The zero-order chi connectivity index (χ0) is 30.0. The van der Waals surface area contributed by atoms with Gasteiger partial charge in [0.05, 0.1) is 6.61 Å². The van der Waals surface area contributed by atoms with E-state index in [0.717, 1.165) is 0 Å². The van der Waals surface area contributed by atoms with Crippen LogP contribution in [0.3, 0.4) is 0 Å². The second-order valence-corrected chi connectivity index (χ2v) is 9.18. The lowest BCUT2D eigenvalue weighted by atomic mass is 9.91. The average molecular weight is 585 g/mol. The molecule has 1 atom stereocenters. The van der Waals surface area contributed by atoms with E-state index in [9.17, 15) is 18.0 Å². The lowest BCUT2D eigenvalue weighted by Gasteiger charge is -2.24. The summed E-state index contributed by atoms with van der Waals surface area (Å²) in [6.07, 6.45) is -4.25. The molecule has 1 aliphatic rings. The van der Waals surface area contributed by atoms with Crippen molar-refractivity contribution in [3.63, 3.8) is 0 Å². The van der Waals surface area contributed by atoms with Crippen LogP contribution in [0.25, 0.3) is 10.4 Å². The number of nitrogens with zero attached hydrogens (tertiary/aromatic N) is 4. The largest absolute Gasteiger partial charge is 0.573 e. The van der Waals surface area contributed by atoms with Crippen molar-refractivity contribution in [1.29, 1.82) is 0 Å². The average Bonchev–Trinajstić information content (AvgIpc) is 3.40. The molecule has 1 heterocycles. The lowest BCUT2D eigenvalue weighted by molar-refractivity contribution is -0.274. The Morgan fingerprint density at radius 2 is 1.81 bits per heavy atom. The summed E-state index contributed by atoms with van der Waals surface area (Å²) < 4.78 is 52.6. The summed E-state index contributed by atoms with van der Waals surface area (Å²) in [7, 11) is 0. The Morgan fingerprint density at radius 3 is 2.50 bits per heavy atom. The first-order valence-corrected chi connectivity index (χ1v) is 12.8. The molecule has 4 rings (SSSR count). The monoisotopic (exact) mass is 584 g/mol. The molecular weight excluding hydrogens is 557 g/mol. The number of hydrazine groups is 1. The maximum absolute atomic E-state index is 13.6. The fraction of sp³-hybridized carbons (Fsp3) is 0.286. The number of nitrogens with one attached hydrogen (secondary N) is 2. The summed E-state index contributed by atoms with van der Waals surface area (Å²) in [4.78, 5) is 21.1. The molecule has 3 N–H and O–H groups in total.